The zero-order valence-corrected chi connectivity index (χ0v) is 11.1. The van der Waals surface area contributed by atoms with Gasteiger partial charge in [-0.2, -0.15) is 0 Å². The summed E-state index contributed by atoms with van der Waals surface area (Å²) >= 11 is 5.74. The van der Waals surface area contributed by atoms with E-state index in [1.54, 1.807) is 32.2 Å². The molecule has 6 nitrogen and oxygen atoms in total. The lowest BCUT2D eigenvalue weighted by atomic mass is 10.3. The fourth-order valence-corrected chi connectivity index (χ4v) is 2.09. The normalized spacial score (nSPS) is 11.1. The van der Waals surface area contributed by atoms with Gasteiger partial charge in [-0.05, 0) is 26.0 Å². The van der Waals surface area contributed by atoms with Crippen molar-refractivity contribution in [1.29, 1.82) is 0 Å². The van der Waals surface area contributed by atoms with Crippen LogP contribution in [-0.2, 0) is 0 Å². The number of aromatic nitrogens is 5. The van der Waals surface area contributed by atoms with Crippen LogP contribution in [0.25, 0.3) is 16.9 Å². The molecule has 3 rings (SSSR count). The van der Waals surface area contributed by atoms with Gasteiger partial charge in [-0.25, -0.2) is 14.5 Å². The molecule has 7 heteroatoms. The van der Waals surface area contributed by atoms with Gasteiger partial charge in [0.15, 0.2) is 11.3 Å². The molecule has 0 aliphatic heterocycles. The number of nitrogens with one attached hydrogen (secondary N) is 1. The SMILES string of the molecule is Cc1nc(C)n2nc(-c3ccc(Cl)nc3)[nH]c(=O)c12. The van der Waals surface area contributed by atoms with Gasteiger partial charge in [0.05, 0.1) is 5.69 Å². The Morgan fingerprint density at radius 1 is 1.32 bits per heavy atom. The van der Waals surface area contributed by atoms with Crippen molar-refractivity contribution < 1.29 is 0 Å². The van der Waals surface area contributed by atoms with Gasteiger partial charge in [0.25, 0.3) is 5.56 Å². The van der Waals surface area contributed by atoms with E-state index in [1.807, 2.05) is 0 Å². The maximum absolute atomic E-state index is 12.1. The lowest BCUT2D eigenvalue weighted by Gasteiger charge is -2.02. The van der Waals surface area contributed by atoms with Gasteiger partial charge >= 0.3 is 0 Å². The van der Waals surface area contributed by atoms with Crippen molar-refractivity contribution in [2.45, 2.75) is 13.8 Å². The van der Waals surface area contributed by atoms with Gasteiger partial charge in [-0.3, -0.25) is 4.79 Å². The Bertz CT molecular complexity index is 818. The molecule has 0 atom stereocenters. The molecule has 0 saturated carbocycles. The number of fused-ring (bicyclic) bond motifs is 1. The molecule has 1 N–H and O–H groups in total. The number of rotatable bonds is 1. The van der Waals surface area contributed by atoms with Crippen molar-refractivity contribution in [2.24, 2.45) is 0 Å². The maximum Gasteiger partial charge on any atom is 0.277 e. The van der Waals surface area contributed by atoms with Crippen LogP contribution in [0.2, 0.25) is 5.15 Å². The van der Waals surface area contributed by atoms with Crippen molar-refractivity contribution >= 4 is 17.1 Å². The Morgan fingerprint density at radius 2 is 2.11 bits per heavy atom. The van der Waals surface area contributed by atoms with Crippen LogP contribution in [0.1, 0.15) is 11.5 Å². The van der Waals surface area contributed by atoms with Crippen LogP contribution in [0.4, 0.5) is 0 Å². The highest BCUT2D eigenvalue weighted by Crippen LogP contribution is 2.15. The first-order valence-electron chi connectivity index (χ1n) is 5.64. The number of imidazole rings is 1. The molecule has 3 aromatic rings. The summed E-state index contributed by atoms with van der Waals surface area (Å²) in [6, 6.07) is 3.39. The number of H-pyrrole nitrogens is 1. The van der Waals surface area contributed by atoms with E-state index >= 15 is 0 Å². The largest absolute Gasteiger partial charge is 0.303 e. The van der Waals surface area contributed by atoms with Crippen LogP contribution in [0.3, 0.4) is 0 Å². The van der Waals surface area contributed by atoms with Gasteiger partial charge in [-0.15, -0.1) is 5.10 Å². The molecule has 0 saturated heterocycles. The fourth-order valence-electron chi connectivity index (χ4n) is 1.98. The molecule has 0 aromatic carbocycles. The van der Waals surface area contributed by atoms with Gasteiger partial charge in [-0.1, -0.05) is 11.6 Å². The molecule has 96 valence electrons. The van der Waals surface area contributed by atoms with Crippen molar-refractivity contribution in [3.05, 3.63) is 45.4 Å². The second-order valence-corrected chi connectivity index (χ2v) is 4.56. The van der Waals surface area contributed by atoms with Crippen LogP contribution in [-0.4, -0.2) is 24.6 Å². The number of aryl methyl sites for hydroxylation is 2. The highest BCUT2D eigenvalue weighted by atomic mass is 35.5. The quantitative estimate of drug-likeness (QED) is 0.687. The number of pyridine rings is 1. The summed E-state index contributed by atoms with van der Waals surface area (Å²) in [6.07, 6.45) is 1.56. The molecule has 0 amide bonds. The predicted octanol–water partition coefficient (Wildman–Crippen LogP) is 1.75. The molecule has 3 aromatic heterocycles. The summed E-state index contributed by atoms with van der Waals surface area (Å²) in [6.45, 7) is 3.58. The van der Waals surface area contributed by atoms with Gasteiger partial charge in [0.2, 0.25) is 0 Å². The van der Waals surface area contributed by atoms with Gasteiger partial charge in [0.1, 0.15) is 11.0 Å². The summed E-state index contributed by atoms with van der Waals surface area (Å²) in [5, 5.41) is 4.76. The molecule has 0 fully saturated rings. The zero-order valence-electron chi connectivity index (χ0n) is 10.3. The van der Waals surface area contributed by atoms with Crippen LogP contribution in [0, 0.1) is 13.8 Å². The van der Waals surface area contributed by atoms with Gasteiger partial charge < -0.3 is 4.98 Å². The number of hydrogen-bond acceptors (Lipinski definition) is 4. The van der Waals surface area contributed by atoms with E-state index in [0.29, 0.717) is 33.6 Å². The van der Waals surface area contributed by atoms with E-state index in [1.165, 1.54) is 4.52 Å². The molecule has 0 aliphatic carbocycles. The second-order valence-electron chi connectivity index (χ2n) is 4.18. The Hall–Kier alpha value is -2.21. The lowest BCUT2D eigenvalue weighted by Crippen LogP contribution is -2.14. The molecular weight excluding hydrogens is 266 g/mol. The minimum absolute atomic E-state index is 0.224. The van der Waals surface area contributed by atoms with E-state index in [0.717, 1.165) is 0 Å². The van der Waals surface area contributed by atoms with E-state index in [-0.39, 0.29) is 5.56 Å². The van der Waals surface area contributed by atoms with Crippen LogP contribution >= 0.6 is 11.6 Å². The number of nitrogens with zero attached hydrogens (tertiary/aromatic N) is 4. The number of aromatic amines is 1. The van der Waals surface area contributed by atoms with Gasteiger partial charge in [0, 0.05) is 11.8 Å². The predicted molar refractivity (Wildman–Crippen MR) is 71.3 cm³/mol. The lowest BCUT2D eigenvalue weighted by molar-refractivity contribution is 0.850. The summed E-state index contributed by atoms with van der Waals surface area (Å²) in [4.78, 5) is 23.0. The summed E-state index contributed by atoms with van der Waals surface area (Å²) in [7, 11) is 0. The Labute approximate surface area is 113 Å². The molecule has 0 spiro atoms. The fraction of sp³-hybridized carbons (Fsp3) is 0.167. The van der Waals surface area contributed by atoms with E-state index in [2.05, 4.69) is 20.1 Å². The first-order chi connectivity index (χ1) is 9.06. The summed E-state index contributed by atoms with van der Waals surface area (Å²) in [5.41, 5.74) is 1.59. The van der Waals surface area contributed by atoms with Crippen LogP contribution in [0.15, 0.2) is 23.1 Å². The third kappa shape index (κ3) is 1.90. The van der Waals surface area contributed by atoms with Crippen molar-refractivity contribution in [2.75, 3.05) is 0 Å². The summed E-state index contributed by atoms with van der Waals surface area (Å²) in [5.74, 6) is 1.10. The monoisotopic (exact) mass is 275 g/mol. The molecule has 3 heterocycles. The van der Waals surface area contributed by atoms with E-state index in [9.17, 15) is 4.79 Å². The average molecular weight is 276 g/mol. The first kappa shape index (κ1) is 11.9. The highest BCUT2D eigenvalue weighted by Gasteiger charge is 2.12. The topological polar surface area (TPSA) is 75.9 Å². The smallest absolute Gasteiger partial charge is 0.277 e. The van der Waals surface area contributed by atoms with Crippen molar-refractivity contribution in [3.63, 3.8) is 0 Å². The Kier molecular flexibility index (Phi) is 2.60. The van der Waals surface area contributed by atoms with E-state index in [4.69, 9.17) is 11.6 Å². The third-order valence-electron chi connectivity index (χ3n) is 2.84. The molecule has 0 radical (unpaired) electrons. The minimum Gasteiger partial charge on any atom is -0.303 e. The average Bonchev–Trinajstić information content (AvgIpc) is 2.66. The number of hydrogen-bond donors (Lipinski definition) is 1. The zero-order chi connectivity index (χ0) is 13.6. The molecule has 0 aliphatic rings. The summed E-state index contributed by atoms with van der Waals surface area (Å²) < 4.78 is 1.54. The van der Waals surface area contributed by atoms with Crippen LogP contribution in [0.5, 0.6) is 0 Å². The molecule has 0 bridgehead atoms. The molecule has 0 unspecified atom stereocenters. The van der Waals surface area contributed by atoms with Crippen LogP contribution < -0.4 is 5.56 Å². The second kappa shape index (κ2) is 4.17. The minimum atomic E-state index is -0.224. The van der Waals surface area contributed by atoms with Crippen molar-refractivity contribution in [3.8, 4) is 11.4 Å². The maximum atomic E-state index is 12.1. The Balaban J connectivity index is 2.29. The van der Waals surface area contributed by atoms with Crippen molar-refractivity contribution in [1.82, 2.24) is 24.6 Å². The highest BCUT2D eigenvalue weighted by molar-refractivity contribution is 6.29. The number of halogens is 1. The standard InChI is InChI=1S/C12H10ClN5O/c1-6-10-12(19)16-11(17-18(10)7(2)15-6)8-3-4-9(13)14-5-8/h3-5H,1-2H3,(H,16,17,19). The molecular formula is C12H10ClN5O. The first-order valence-corrected chi connectivity index (χ1v) is 6.02. The van der Waals surface area contributed by atoms with E-state index < -0.39 is 0 Å². The third-order valence-corrected chi connectivity index (χ3v) is 3.06. The molecule has 19 heavy (non-hydrogen) atoms. The Morgan fingerprint density at radius 3 is 2.79 bits per heavy atom.